The van der Waals surface area contributed by atoms with E-state index in [0.717, 1.165) is 67.4 Å². The third kappa shape index (κ3) is 5.54. The van der Waals surface area contributed by atoms with Crippen LogP contribution in [0, 0.1) is 5.92 Å². The zero-order valence-electron chi connectivity index (χ0n) is 22.3. The number of ether oxygens (including phenoxy) is 2. The van der Waals surface area contributed by atoms with Crippen LogP contribution in [0.3, 0.4) is 0 Å². The van der Waals surface area contributed by atoms with Crippen molar-refractivity contribution in [3.63, 3.8) is 0 Å². The number of esters is 1. The van der Waals surface area contributed by atoms with Crippen LogP contribution in [0.15, 0.2) is 54.6 Å². The minimum Gasteiger partial charge on any atom is -0.497 e. The van der Waals surface area contributed by atoms with Gasteiger partial charge in [-0.1, -0.05) is 31.4 Å². The topological polar surface area (TPSA) is 76.9 Å². The molecule has 0 unspecified atom stereocenters. The number of benzene rings is 2. The summed E-state index contributed by atoms with van der Waals surface area (Å²) in [5.41, 5.74) is 3.95. The highest BCUT2D eigenvalue weighted by Gasteiger charge is 2.28. The molecular weight excluding hydrogens is 480 g/mol. The van der Waals surface area contributed by atoms with Crippen molar-refractivity contribution in [2.75, 3.05) is 44.8 Å². The van der Waals surface area contributed by atoms with Gasteiger partial charge in [0.15, 0.2) is 5.69 Å². The lowest BCUT2D eigenvalue weighted by Crippen LogP contribution is -2.50. The Morgan fingerprint density at radius 2 is 1.55 bits per heavy atom. The normalized spacial score (nSPS) is 16.4. The molecule has 0 radical (unpaired) electrons. The fraction of sp³-hybridized carbons (Fsp3) is 0.433. The number of amides is 1. The van der Waals surface area contributed by atoms with Crippen molar-refractivity contribution in [2.24, 2.45) is 5.92 Å². The molecule has 1 saturated heterocycles. The molecular formula is C30H36N4O4. The van der Waals surface area contributed by atoms with Crippen LogP contribution in [-0.4, -0.2) is 66.5 Å². The molecule has 2 heterocycles. The van der Waals surface area contributed by atoms with E-state index in [1.54, 1.807) is 24.8 Å². The van der Waals surface area contributed by atoms with E-state index < -0.39 is 5.97 Å². The second-order valence-corrected chi connectivity index (χ2v) is 9.94. The van der Waals surface area contributed by atoms with Crippen LogP contribution in [0.4, 0.5) is 5.69 Å². The summed E-state index contributed by atoms with van der Waals surface area (Å²) >= 11 is 0. The summed E-state index contributed by atoms with van der Waals surface area (Å²) in [6.07, 6.45) is 5.72. The molecule has 3 aromatic rings. The van der Waals surface area contributed by atoms with E-state index >= 15 is 0 Å². The SMILES string of the molecule is CCOC(=O)c1cc(-c2ccc(N3CCN(C(=O)C4CCCCC4)CC3)cc2)n(-c2ccc(OC)cc2)n1. The van der Waals surface area contributed by atoms with Crippen LogP contribution in [0.5, 0.6) is 5.75 Å². The Bertz CT molecular complexity index is 1240. The van der Waals surface area contributed by atoms with E-state index in [0.29, 0.717) is 5.91 Å². The van der Waals surface area contributed by atoms with E-state index in [4.69, 9.17) is 9.47 Å². The third-order valence-electron chi connectivity index (χ3n) is 7.58. The van der Waals surface area contributed by atoms with Crippen molar-refractivity contribution in [3.05, 3.63) is 60.3 Å². The first-order valence-electron chi connectivity index (χ1n) is 13.6. The number of aromatic nitrogens is 2. The summed E-state index contributed by atoms with van der Waals surface area (Å²) in [4.78, 5) is 29.8. The van der Waals surface area contributed by atoms with Crippen molar-refractivity contribution >= 4 is 17.6 Å². The summed E-state index contributed by atoms with van der Waals surface area (Å²) in [7, 11) is 1.63. The van der Waals surface area contributed by atoms with Gasteiger partial charge in [0.2, 0.25) is 5.91 Å². The summed E-state index contributed by atoms with van der Waals surface area (Å²) in [6.45, 7) is 5.26. The number of rotatable bonds is 7. The number of nitrogens with zero attached hydrogens (tertiary/aromatic N) is 4. The van der Waals surface area contributed by atoms with Crippen LogP contribution in [0.2, 0.25) is 0 Å². The zero-order valence-corrected chi connectivity index (χ0v) is 22.3. The maximum Gasteiger partial charge on any atom is 0.358 e. The van der Waals surface area contributed by atoms with Crippen LogP contribution >= 0.6 is 0 Å². The van der Waals surface area contributed by atoms with Gasteiger partial charge in [-0.2, -0.15) is 5.10 Å². The Morgan fingerprint density at radius 1 is 0.895 bits per heavy atom. The summed E-state index contributed by atoms with van der Waals surface area (Å²) < 4.78 is 12.2. The van der Waals surface area contributed by atoms with Crippen LogP contribution in [-0.2, 0) is 9.53 Å². The van der Waals surface area contributed by atoms with E-state index in [9.17, 15) is 9.59 Å². The highest BCUT2D eigenvalue weighted by Crippen LogP contribution is 2.29. The molecule has 5 rings (SSSR count). The second-order valence-electron chi connectivity index (χ2n) is 9.94. The molecule has 2 fully saturated rings. The average molecular weight is 517 g/mol. The maximum absolute atomic E-state index is 12.9. The molecule has 1 amide bonds. The molecule has 0 spiro atoms. The highest BCUT2D eigenvalue weighted by atomic mass is 16.5. The highest BCUT2D eigenvalue weighted by molar-refractivity contribution is 5.89. The van der Waals surface area contributed by atoms with Crippen LogP contribution in [0.25, 0.3) is 16.9 Å². The van der Waals surface area contributed by atoms with Gasteiger partial charge in [-0.3, -0.25) is 4.79 Å². The van der Waals surface area contributed by atoms with Crippen molar-refractivity contribution < 1.29 is 19.1 Å². The van der Waals surface area contributed by atoms with Gasteiger partial charge in [-0.05, 0) is 62.2 Å². The van der Waals surface area contributed by atoms with Gasteiger partial charge in [0, 0.05) is 43.3 Å². The number of piperazine rings is 1. The van der Waals surface area contributed by atoms with Gasteiger partial charge in [-0.15, -0.1) is 0 Å². The molecule has 0 atom stereocenters. The first-order valence-corrected chi connectivity index (χ1v) is 13.6. The maximum atomic E-state index is 12.9. The predicted molar refractivity (Wildman–Crippen MR) is 147 cm³/mol. The van der Waals surface area contributed by atoms with Crippen molar-refractivity contribution in [1.82, 2.24) is 14.7 Å². The van der Waals surface area contributed by atoms with Gasteiger partial charge >= 0.3 is 5.97 Å². The lowest BCUT2D eigenvalue weighted by Gasteiger charge is -2.38. The first kappa shape index (κ1) is 25.8. The quantitative estimate of drug-likeness (QED) is 0.414. The molecule has 1 saturated carbocycles. The Morgan fingerprint density at radius 3 is 2.18 bits per heavy atom. The van der Waals surface area contributed by atoms with E-state index in [2.05, 4.69) is 39.2 Å². The number of hydrogen-bond donors (Lipinski definition) is 0. The van der Waals surface area contributed by atoms with E-state index in [-0.39, 0.29) is 18.2 Å². The molecule has 1 aromatic heterocycles. The summed E-state index contributed by atoms with van der Waals surface area (Å²) in [5.74, 6) is 0.879. The molecule has 1 aliphatic heterocycles. The molecule has 2 aliphatic rings. The minimum atomic E-state index is -0.446. The fourth-order valence-electron chi connectivity index (χ4n) is 5.45. The van der Waals surface area contributed by atoms with Crippen LogP contribution < -0.4 is 9.64 Å². The average Bonchev–Trinajstić information content (AvgIpc) is 3.43. The number of carbonyl (C=O) groups excluding carboxylic acids is 2. The largest absolute Gasteiger partial charge is 0.497 e. The molecule has 8 heteroatoms. The monoisotopic (exact) mass is 516 g/mol. The number of hydrogen-bond acceptors (Lipinski definition) is 6. The Balaban J connectivity index is 1.32. The number of carbonyl (C=O) groups is 2. The fourth-order valence-corrected chi connectivity index (χ4v) is 5.45. The van der Waals surface area contributed by atoms with Gasteiger partial charge in [0.05, 0.1) is 25.1 Å². The number of methoxy groups -OCH3 is 1. The van der Waals surface area contributed by atoms with Gasteiger partial charge in [0.25, 0.3) is 0 Å². The molecule has 8 nitrogen and oxygen atoms in total. The van der Waals surface area contributed by atoms with E-state index in [1.807, 2.05) is 24.3 Å². The predicted octanol–water partition coefficient (Wildman–Crippen LogP) is 4.95. The summed E-state index contributed by atoms with van der Waals surface area (Å²) in [5, 5.41) is 4.56. The van der Waals surface area contributed by atoms with E-state index in [1.165, 1.54) is 19.3 Å². The van der Waals surface area contributed by atoms with Crippen LogP contribution in [0.1, 0.15) is 49.5 Å². The lowest BCUT2D eigenvalue weighted by molar-refractivity contribution is -0.136. The van der Waals surface area contributed by atoms with Gasteiger partial charge < -0.3 is 19.3 Å². The molecule has 1 aliphatic carbocycles. The minimum absolute atomic E-state index is 0.227. The molecule has 0 N–H and O–H groups in total. The van der Waals surface area contributed by atoms with Gasteiger partial charge in [0.1, 0.15) is 5.75 Å². The smallest absolute Gasteiger partial charge is 0.358 e. The Kier molecular flexibility index (Phi) is 7.96. The van der Waals surface area contributed by atoms with Gasteiger partial charge in [-0.25, -0.2) is 9.48 Å². The molecule has 200 valence electrons. The first-order chi connectivity index (χ1) is 18.6. The van der Waals surface area contributed by atoms with Crippen molar-refractivity contribution in [1.29, 1.82) is 0 Å². The summed E-state index contributed by atoms with van der Waals surface area (Å²) in [6, 6.07) is 17.6. The third-order valence-corrected chi connectivity index (χ3v) is 7.58. The Labute approximate surface area is 224 Å². The zero-order chi connectivity index (χ0) is 26.5. The van der Waals surface area contributed by atoms with Crippen molar-refractivity contribution in [3.8, 4) is 22.7 Å². The second kappa shape index (κ2) is 11.7. The molecule has 2 aromatic carbocycles. The lowest BCUT2D eigenvalue weighted by atomic mass is 9.88. The molecule has 38 heavy (non-hydrogen) atoms. The standard InChI is InChI=1S/C30H36N4O4/c1-3-38-30(36)27-21-28(34(31-27)25-13-15-26(37-2)16-14-25)22-9-11-24(12-10-22)32-17-19-33(20-18-32)29(35)23-7-5-4-6-8-23/h9-16,21,23H,3-8,17-20H2,1-2H3. The Hall–Kier alpha value is -3.81. The number of anilines is 1. The van der Waals surface area contributed by atoms with Crippen molar-refractivity contribution in [2.45, 2.75) is 39.0 Å². The molecule has 0 bridgehead atoms.